The highest BCUT2D eigenvalue weighted by Crippen LogP contribution is 2.28. The summed E-state index contributed by atoms with van der Waals surface area (Å²) < 4.78 is 27.8. The standard InChI is InChI=1S/C14H13N4O3S2/c1-8-5-6-22-14(8)23(20,21)18-10-4-2-3-9-7-11(13(19)17-15)16-12(9)10/h2-7,15-16,18H,1H3,(H,17,19). The molecule has 3 rings (SSSR count). The van der Waals surface area contributed by atoms with Gasteiger partial charge in [-0.3, -0.25) is 14.9 Å². The molecule has 0 bridgehead atoms. The van der Waals surface area contributed by atoms with E-state index in [9.17, 15) is 13.2 Å². The van der Waals surface area contributed by atoms with Crippen molar-refractivity contribution in [3.05, 3.63) is 47.0 Å². The van der Waals surface area contributed by atoms with Gasteiger partial charge in [-0.2, -0.15) is 5.84 Å². The second kappa shape index (κ2) is 5.69. The Labute approximate surface area is 136 Å². The summed E-state index contributed by atoms with van der Waals surface area (Å²) in [5.41, 5.74) is 3.48. The molecule has 0 spiro atoms. The molecule has 4 N–H and O–H groups in total. The normalized spacial score (nSPS) is 11.6. The number of anilines is 1. The minimum atomic E-state index is -3.70. The van der Waals surface area contributed by atoms with E-state index in [2.05, 4.69) is 9.71 Å². The number of fused-ring (bicyclic) bond motifs is 1. The fourth-order valence-electron chi connectivity index (χ4n) is 2.26. The van der Waals surface area contributed by atoms with Crippen LogP contribution in [-0.2, 0) is 10.0 Å². The zero-order valence-electron chi connectivity index (χ0n) is 12.0. The molecule has 2 heterocycles. The molecule has 2 aromatic heterocycles. The molecule has 9 heteroatoms. The zero-order valence-corrected chi connectivity index (χ0v) is 13.6. The second-order valence-electron chi connectivity index (χ2n) is 4.90. The van der Waals surface area contributed by atoms with Crippen LogP contribution in [0.1, 0.15) is 16.1 Å². The van der Waals surface area contributed by atoms with Gasteiger partial charge >= 0.3 is 0 Å². The largest absolute Gasteiger partial charge is 0.349 e. The number of sulfonamides is 1. The van der Waals surface area contributed by atoms with Gasteiger partial charge in [-0.25, -0.2) is 8.42 Å². The van der Waals surface area contributed by atoms with E-state index in [0.29, 0.717) is 22.2 Å². The number of aryl methyl sites for hydroxylation is 1. The van der Waals surface area contributed by atoms with E-state index in [4.69, 9.17) is 5.84 Å². The summed E-state index contributed by atoms with van der Waals surface area (Å²) in [6, 6.07) is 8.36. The molecule has 1 amide bonds. The number of aromatic amines is 1. The summed E-state index contributed by atoms with van der Waals surface area (Å²) >= 11 is 1.15. The topological polar surface area (TPSA) is 115 Å². The average molecular weight is 349 g/mol. The highest BCUT2D eigenvalue weighted by molar-refractivity contribution is 7.94. The van der Waals surface area contributed by atoms with Crippen molar-refractivity contribution in [2.45, 2.75) is 11.1 Å². The van der Waals surface area contributed by atoms with Crippen LogP contribution in [0.4, 0.5) is 5.69 Å². The number of H-pyrrole nitrogens is 1. The number of hydrogen-bond donors (Lipinski definition) is 3. The smallest absolute Gasteiger partial charge is 0.282 e. The molecule has 0 aliphatic carbocycles. The molecule has 0 atom stereocenters. The maximum atomic E-state index is 12.5. The second-order valence-corrected chi connectivity index (χ2v) is 7.70. The van der Waals surface area contributed by atoms with E-state index in [1.165, 1.54) is 0 Å². The predicted octanol–water partition coefficient (Wildman–Crippen LogP) is 2.27. The number of rotatable bonds is 4. The Morgan fingerprint density at radius 3 is 2.74 bits per heavy atom. The number of benzene rings is 1. The minimum Gasteiger partial charge on any atom is -0.349 e. The van der Waals surface area contributed by atoms with Crippen molar-refractivity contribution in [3.8, 4) is 0 Å². The van der Waals surface area contributed by atoms with E-state index < -0.39 is 15.9 Å². The number of thiophene rings is 1. The van der Waals surface area contributed by atoms with Gasteiger partial charge in [0.25, 0.3) is 15.9 Å². The Bertz CT molecular complexity index is 989. The van der Waals surface area contributed by atoms with Gasteiger partial charge in [0, 0.05) is 5.39 Å². The van der Waals surface area contributed by atoms with Gasteiger partial charge in [-0.15, -0.1) is 11.3 Å². The number of aromatic nitrogens is 1. The Hall–Kier alpha value is -2.36. The van der Waals surface area contributed by atoms with Crippen LogP contribution in [0.15, 0.2) is 39.9 Å². The maximum Gasteiger partial charge on any atom is 0.282 e. The molecule has 0 aliphatic heterocycles. The Morgan fingerprint density at radius 1 is 1.30 bits per heavy atom. The van der Waals surface area contributed by atoms with Crippen LogP contribution in [0.2, 0.25) is 0 Å². The van der Waals surface area contributed by atoms with Crippen LogP contribution >= 0.6 is 11.3 Å². The highest BCUT2D eigenvalue weighted by Gasteiger charge is 2.20. The highest BCUT2D eigenvalue weighted by atomic mass is 32.2. The summed E-state index contributed by atoms with van der Waals surface area (Å²) in [7, 11) is -3.70. The van der Waals surface area contributed by atoms with Gasteiger partial charge in [0.1, 0.15) is 9.90 Å². The summed E-state index contributed by atoms with van der Waals surface area (Å²) in [5.74, 6) is 6.31. The van der Waals surface area contributed by atoms with Gasteiger partial charge in [-0.05, 0) is 36.1 Å². The monoisotopic (exact) mass is 349 g/mol. The molecule has 23 heavy (non-hydrogen) atoms. The summed E-state index contributed by atoms with van der Waals surface area (Å²) in [5, 5.41) is 2.39. The summed E-state index contributed by atoms with van der Waals surface area (Å²) in [6.45, 7) is 1.73. The lowest BCUT2D eigenvalue weighted by molar-refractivity contribution is 0.0946. The Kier molecular flexibility index (Phi) is 3.84. The number of nitrogens with one attached hydrogen (secondary N) is 4. The van der Waals surface area contributed by atoms with Crippen LogP contribution in [0.3, 0.4) is 0 Å². The van der Waals surface area contributed by atoms with Crippen LogP contribution in [0.5, 0.6) is 0 Å². The molecule has 0 unspecified atom stereocenters. The summed E-state index contributed by atoms with van der Waals surface area (Å²) in [6.07, 6.45) is 0. The quantitative estimate of drug-likeness (QED) is 0.627. The first kappa shape index (κ1) is 15.5. The molecule has 119 valence electrons. The van der Waals surface area contributed by atoms with Crippen LogP contribution < -0.4 is 16.0 Å². The van der Waals surface area contributed by atoms with Crippen molar-refractivity contribution >= 4 is 43.9 Å². The molecular weight excluding hydrogens is 336 g/mol. The lowest BCUT2D eigenvalue weighted by atomic mass is 10.2. The first-order valence-corrected chi connectivity index (χ1v) is 8.94. The van der Waals surface area contributed by atoms with Crippen molar-refractivity contribution in [2.75, 3.05) is 4.72 Å². The van der Waals surface area contributed by atoms with E-state index in [1.807, 2.05) is 0 Å². The molecule has 3 aromatic rings. The van der Waals surface area contributed by atoms with E-state index >= 15 is 0 Å². The van der Waals surface area contributed by atoms with Crippen LogP contribution in [0.25, 0.3) is 10.9 Å². The van der Waals surface area contributed by atoms with Crippen molar-refractivity contribution in [1.82, 2.24) is 16.3 Å². The average Bonchev–Trinajstić information content (AvgIpc) is 3.13. The molecule has 0 saturated carbocycles. The maximum absolute atomic E-state index is 12.5. The lowest BCUT2D eigenvalue weighted by Crippen LogP contribution is -2.20. The third kappa shape index (κ3) is 2.81. The zero-order chi connectivity index (χ0) is 16.6. The van der Waals surface area contributed by atoms with Gasteiger partial charge in [-0.1, -0.05) is 12.1 Å². The van der Waals surface area contributed by atoms with Crippen LogP contribution in [0, 0.1) is 6.92 Å². The van der Waals surface area contributed by atoms with Gasteiger partial charge in [0.15, 0.2) is 0 Å². The van der Waals surface area contributed by atoms with E-state index in [0.717, 1.165) is 11.3 Å². The fraction of sp³-hybridized carbons (Fsp3) is 0.0714. The number of hydrogen-bond acceptors (Lipinski definition) is 4. The minimum absolute atomic E-state index is 0.189. The number of para-hydroxylation sites is 1. The summed E-state index contributed by atoms with van der Waals surface area (Å²) in [4.78, 5) is 14.4. The van der Waals surface area contributed by atoms with Gasteiger partial charge in [0.2, 0.25) is 0 Å². The van der Waals surface area contributed by atoms with Crippen molar-refractivity contribution in [2.24, 2.45) is 0 Å². The first-order valence-electron chi connectivity index (χ1n) is 6.58. The van der Waals surface area contributed by atoms with E-state index in [-0.39, 0.29) is 9.90 Å². The molecule has 0 saturated heterocycles. The molecule has 1 aromatic carbocycles. The Morgan fingerprint density at radius 2 is 2.09 bits per heavy atom. The molecule has 1 radical (unpaired) electrons. The van der Waals surface area contributed by atoms with Gasteiger partial charge in [0.05, 0.1) is 11.2 Å². The molecule has 0 fully saturated rings. The molecule has 7 nitrogen and oxygen atoms in total. The first-order chi connectivity index (χ1) is 10.9. The van der Waals surface area contributed by atoms with Gasteiger partial charge < -0.3 is 4.98 Å². The van der Waals surface area contributed by atoms with Crippen molar-refractivity contribution < 1.29 is 13.2 Å². The number of amides is 1. The third-order valence-electron chi connectivity index (χ3n) is 3.32. The SMILES string of the molecule is Cc1ccsc1S(=O)(=O)Nc1cccc2cc(C(=O)N[NH])[nH]c12. The van der Waals surface area contributed by atoms with Crippen molar-refractivity contribution in [3.63, 3.8) is 0 Å². The Balaban J connectivity index is 2.05. The third-order valence-corrected chi connectivity index (χ3v) is 6.37. The number of carbonyl (C=O) groups excluding carboxylic acids is 1. The fourth-order valence-corrected chi connectivity index (χ4v) is 4.75. The van der Waals surface area contributed by atoms with Crippen LogP contribution in [-0.4, -0.2) is 19.3 Å². The van der Waals surface area contributed by atoms with Crippen molar-refractivity contribution in [1.29, 1.82) is 0 Å². The molecular formula is C14H13N4O3S2. The lowest BCUT2D eigenvalue weighted by Gasteiger charge is -2.08. The molecule has 0 aliphatic rings. The van der Waals surface area contributed by atoms with E-state index in [1.54, 1.807) is 48.1 Å². The number of carbonyl (C=O) groups is 1. The predicted molar refractivity (Wildman–Crippen MR) is 88.7 cm³/mol.